The van der Waals surface area contributed by atoms with Crippen LogP contribution in [0, 0.1) is 0 Å². The van der Waals surface area contributed by atoms with Crippen LogP contribution in [0.4, 0.5) is 0 Å². The molecular formula is C100H144N24O16S4. The number of nitrogens with one attached hydrogen (secondary N) is 8. The third-order valence-corrected chi connectivity index (χ3v) is 27.5. The van der Waals surface area contributed by atoms with E-state index in [1.807, 2.05) is 4.72 Å². The van der Waals surface area contributed by atoms with Gasteiger partial charge in [0.1, 0.15) is 68.4 Å². The molecule has 12 aromatic rings. The van der Waals surface area contributed by atoms with Gasteiger partial charge in [-0.05, 0) is 255 Å². The fourth-order valence-corrected chi connectivity index (χ4v) is 18.8. The summed E-state index contributed by atoms with van der Waals surface area (Å²) in [6.45, 7) is -35.0. The van der Waals surface area contributed by atoms with Crippen LogP contribution < -0.4 is 60.1 Å². The molecule has 5 atom stereocenters. The minimum Gasteiger partial charge on any atom is -0.493 e. The van der Waals surface area contributed by atoms with Crippen LogP contribution in [0.25, 0.3) is 89.7 Å². The molecule has 8 aromatic heterocycles. The Morgan fingerprint density at radius 1 is 0.368 bits per heavy atom. The lowest BCUT2D eigenvalue weighted by atomic mass is 10.1. The molecule has 4 fully saturated rings. The zero-order valence-electron chi connectivity index (χ0n) is 134. The zero-order chi connectivity index (χ0) is 152. The Morgan fingerprint density at radius 2 is 0.660 bits per heavy atom. The summed E-state index contributed by atoms with van der Waals surface area (Å²) in [5, 5.41) is 15.4. The molecule has 144 heavy (non-hydrogen) atoms. The number of hydrogen-bond acceptors (Lipinski definition) is 28. The lowest BCUT2D eigenvalue weighted by Crippen LogP contribution is -2.31. The van der Waals surface area contributed by atoms with E-state index in [9.17, 15) is 52.8 Å². The minimum absolute atomic E-state index is 0.00656. The zero-order valence-corrected chi connectivity index (χ0v) is 81.4. The lowest BCUT2D eigenvalue weighted by Gasteiger charge is -2.19. The van der Waals surface area contributed by atoms with Crippen LogP contribution in [0.1, 0.15) is 283 Å². The van der Waals surface area contributed by atoms with Crippen molar-refractivity contribution in [3.63, 3.8) is 0 Å². The third-order valence-electron chi connectivity index (χ3n) is 22.3. The number of ether oxygens (including phenoxy) is 4. The second-order valence-corrected chi connectivity index (χ2v) is 39.3. The summed E-state index contributed by atoms with van der Waals surface area (Å²) in [5.74, 6) is -1.65. The Labute approximate surface area is 921 Å². The molecule has 12 heterocycles. The molecule has 16 rings (SSSR count). The molecular weight excluding hydrogens is 1920 g/mol. The van der Waals surface area contributed by atoms with E-state index in [4.69, 9.17) is 95.7 Å². The molecule has 4 aromatic carbocycles. The fraction of sp³-hybridized carbons (Fsp3) is 0.560. The first-order valence-electron chi connectivity index (χ1n) is 73.0. The van der Waals surface area contributed by atoms with Crippen LogP contribution in [0.15, 0.2) is 112 Å². The van der Waals surface area contributed by atoms with Crippen molar-refractivity contribution in [2.24, 2.45) is 28.0 Å². The van der Waals surface area contributed by atoms with E-state index in [1.54, 1.807) is 37.1 Å². The van der Waals surface area contributed by atoms with Gasteiger partial charge in [0.2, 0.25) is 40.1 Å². The van der Waals surface area contributed by atoms with Gasteiger partial charge in [0.15, 0.2) is 22.1 Å². The van der Waals surface area contributed by atoms with Gasteiger partial charge in [0, 0.05) is 155 Å². The number of nitrogens with zero attached hydrogens (tertiary/aromatic N) is 16. The standard InChI is InChI=1S/4C25H36N6O4S/c4*1-5-8-20-22-23(31(4)29-20)25(32)28-24(27-22)19-16-18(10-11-21(19)35-15-6-2)36(33,34)26-13-12-17-9-7-14-30(17)3/h4*10-11,16-17,26H,5-9,12-15H2,1-4H3,(H,27,28,32)/i1D3,3D3,5D2,8D2,12D2,13D2;1D3,3D3,4D3,5D2,12D2,13D2;1D3,3D3,4D3,5D2,12D2,13D;1D3,3D3,4D3,5D2,12D2. The number of aromatic amines is 4. The maximum absolute atomic E-state index is 13.6. The van der Waals surface area contributed by atoms with Gasteiger partial charge in [-0.3, -0.25) is 37.9 Å². The number of benzene rings is 4. The quantitative estimate of drug-likeness (QED) is 0.0176. The van der Waals surface area contributed by atoms with Crippen LogP contribution in [0.3, 0.4) is 0 Å². The van der Waals surface area contributed by atoms with Crippen molar-refractivity contribution in [1.82, 2.24) is 117 Å². The van der Waals surface area contributed by atoms with Crippen molar-refractivity contribution < 1.29 is 129 Å². The Morgan fingerprint density at radius 3 is 0.972 bits per heavy atom. The molecule has 40 nitrogen and oxygen atoms in total. The van der Waals surface area contributed by atoms with Gasteiger partial charge < -0.3 is 58.5 Å². The molecule has 0 radical (unpaired) electrons. The molecule has 0 amide bonds. The van der Waals surface area contributed by atoms with E-state index in [-0.39, 0.29) is 154 Å². The highest BCUT2D eigenvalue weighted by molar-refractivity contribution is 7.90. The SMILES string of the molecule is [2H]C(NS(=O)(=O)c1ccc(OCCC)c(-c2nc3c(CC([2H])([2H])C([2H])([2H])[2H])nn(C([2H])([2H])[2H])c3c(=O)[nH]2)c1)C([2H])([2H])C1CCCN1C([2H])([2H])[2H].[2H]C([2H])(CNS(=O)(=O)c1ccc(OCCC)c(-c2nc3c(CC([2H])([2H])C([2H])([2H])[2H])nn(C([2H])([2H])[2H])c3c(=O)[nH]2)c1)C1CCCN1C([2H])([2H])[2H].[2H]C([2H])([2H])N1CCCC1C([2H])([2H])C([2H])([2H])NS(=O)(=O)c1ccc(OCCC)c(-c2nc3c(C([2H])([2H])C([2H])([2H])C([2H])([2H])[2H])nn(C)c3c(=O)[nH]2)c1.[2H]C([2H])([2H])N1CCCC1C([2H])([2H])C([2H])([2H])NS(=O)(=O)c1ccc(OCCC)c(-c2nc3c(CC([2H])([2H])C([2H])([2H])[2H])nn(C([2H])([2H])[2H])c3c(=O)[nH]2)c1. The first-order chi connectivity index (χ1) is 90.7. The van der Waals surface area contributed by atoms with Crippen molar-refractivity contribution in [1.29, 1.82) is 0 Å². The van der Waals surface area contributed by atoms with Gasteiger partial charge in [0.25, 0.3) is 22.2 Å². The summed E-state index contributed by atoms with van der Waals surface area (Å²) in [6, 6.07) is 7.62. The van der Waals surface area contributed by atoms with Gasteiger partial charge in [0.05, 0.1) is 91.0 Å². The first kappa shape index (κ1) is 57.3. The Kier molecular flexibility index (Phi) is 19.9. The van der Waals surface area contributed by atoms with Gasteiger partial charge in [-0.2, -0.15) is 20.4 Å². The average Bonchev–Trinajstić information content (AvgIpc) is 1.56. The summed E-state index contributed by atoms with van der Waals surface area (Å²) in [4.78, 5) is 81.5. The highest BCUT2D eigenvalue weighted by Gasteiger charge is 2.32. The smallest absolute Gasteiger partial charge is 0.277 e. The Hall–Kier alpha value is -11.0. The van der Waals surface area contributed by atoms with Crippen molar-refractivity contribution in [3.8, 4) is 68.5 Å². The number of H-pyrrole nitrogens is 4. The summed E-state index contributed by atoms with van der Waals surface area (Å²) < 4.78 is 587. The topological polar surface area (TPSA) is 489 Å². The second kappa shape index (κ2) is 49.9. The summed E-state index contributed by atoms with van der Waals surface area (Å²) in [5.41, 5.74) is -11.3. The number of likely N-dealkylation sites (tertiary alicyclic amines) is 4. The van der Waals surface area contributed by atoms with Crippen LogP contribution in [0.2, 0.25) is 0 Å². The van der Waals surface area contributed by atoms with Crippen molar-refractivity contribution >= 4 is 84.2 Å². The molecule has 4 aliphatic rings. The van der Waals surface area contributed by atoms with E-state index in [1.165, 1.54) is 19.2 Å². The van der Waals surface area contributed by atoms with Crippen LogP contribution in [0.5, 0.6) is 23.0 Å². The van der Waals surface area contributed by atoms with Crippen LogP contribution in [-0.2, 0) is 93.7 Å². The molecule has 4 saturated heterocycles. The summed E-state index contributed by atoms with van der Waals surface area (Å²) >= 11 is 0. The van der Waals surface area contributed by atoms with Crippen LogP contribution >= 0.6 is 0 Å². The third kappa shape index (κ3) is 26.5. The Balaban J connectivity index is 0.000000214. The number of fused-ring (bicyclic) bond motifs is 4. The summed E-state index contributed by atoms with van der Waals surface area (Å²) in [7, 11) is -17.9. The number of aromatic nitrogens is 16. The number of sulfonamides is 4. The molecule has 4 aliphatic heterocycles. The molecule has 5 unspecified atom stereocenters. The maximum atomic E-state index is 13.6. The van der Waals surface area contributed by atoms with Gasteiger partial charge in [-0.15, -0.1) is 0 Å². The monoisotopic (exact) mass is 2120 g/mol. The van der Waals surface area contributed by atoms with Gasteiger partial charge in [-0.25, -0.2) is 72.5 Å². The van der Waals surface area contributed by atoms with E-state index in [0.717, 1.165) is 84.9 Å². The van der Waals surface area contributed by atoms with E-state index in [0.29, 0.717) is 52.6 Å². The molecule has 784 valence electrons. The number of aryl methyl sites for hydroxylation is 8. The molecule has 0 spiro atoms. The Bertz CT molecular complexity index is 9790. The predicted molar refractivity (Wildman–Crippen MR) is 559 cm³/mol. The number of rotatable bonds is 44. The van der Waals surface area contributed by atoms with E-state index >= 15 is 0 Å². The molecule has 0 aliphatic carbocycles. The normalized spacial score (nSPS) is 24.8. The predicted octanol–water partition coefficient (Wildman–Crippen LogP) is 11.3. The first-order valence-corrected chi connectivity index (χ1v) is 50.8. The fourth-order valence-electron chi connectivity index (χ4n) is 15.3. The van der Waals surface area contributed by atoms with Crippen molar-refractivity contribution in [3.05, 3.63) is 137 Å². The van der Waals surface area contributed by atoms with Gasteiger partial charge >= 0.3 is 0 Å². The molecule has 8 N–H and O–H groups in total. The number of hydrogen-bond donors (Lipinski definition) is 8. The highest BCUT2D eigenvalue weighted by atomic mass is 32.2. The molecule has 0 bridgehead atoms. The summed E-state index contributed by atoms with van der Waals surface area (Å²) in [6.07, 6.45) is -26.2. The molecule has 44 heteroatoms. The maximum Gasteiger partial charge on any atom is 0.277 e. The van der Waals surface area contributed by atoms with E-state index < -0.39 is 358 Å². The minimum atomic E-state index is -4.97. The highest BCUT2D eigenvalue weighted by Crippen LogP contribution is 2.38. The van der Waals surface area contributed by atoms with E-state index in [2.05, 4.69) is 65.0 Å². The van der Waals surface area contributed by atoms with Crippen molar-refractivity contribution in [2.75, 3.05) is 107 Å². The van der Waals surface area contributed by atoms with Crippen LogP contribution in [-0.4, -0.2) is 263 Å². The second-order valence-electron chi connectivity index (χ2n) is 32.4. The molecule has 0 saturated carbocycles. The largest absolute Gasteiger partial charge is 0.493 e. The average molecular weight is 2120 g/mol. The van der Waals surface area contributed by atoms with Crippen molar-refractivity contribution in [2.45, 2.75) is 253 Å². The lowest BCUT2D eigenvalue weighted by molar-refractivity contribution is 0.297. The van der Waals surface area contributed by atoms with Gasteiger partial charge in [-0.1, -0.05) is 80.6 Å².